The fourth-order valence-corrected chi connectivity index (χ4v) is 4.77. The lowest BCUT2D eigenvalue weighted by atomic mass is 9.81. The molecule has 0 unspecified atom stereocenters. The van der Waals surface area contributed by atoms with Gasteiger partial charge in [-0.3, -0.25) is 9.59 Å². The van der Waals surface area contributed by atoms with Crippen LogP contribution in [0.25, 0.3) is 11.3 Å². The molecule has 34 heavy (non-hydrogen) atoms. The Morgan fingerprint density at radius 2 is 1.85 bits per heavy atom. The smallest absolute Gasteiger partial charge is 0.248 e. The zero-order valence-corrected chi connectivity index (χ0v) is 19.6. The zero-order valence-electron chi connectivity index (χ0n) is 19.6. The van der Waals surface area contributed by atoms with Crippen LogP contribution in [0.1, 0.15) is 59.0 Å². The second kappa shape index (κ2) is 10.7. The first-order chi connectivity index (χ1) is 16.4. The van der Waals surface area contributed by atoms with Crippen molar-refractivity contribution < 1.29 is 9.59 Å². The highest BCUT2D eigenvalue weighted by Gasteiger charge is 2.28. The summed E-state index contributed by atoms with van der Waals surface area (Å²) in [4.78, 5) is 32.8. The summed E-state index contributed by atoms with van der Waals surface area (Å²) in [6.07, 6.45) is 6.24. The summed E-state index contributed by atoms with van der Waals surface area (Å²) >= 11 is 0. The van der Waals surface area contributed by atoms with E-state index in [1.165, 1.54) is 0 Å². The van der Waals surface area contributed by atoms with E-state index in [4.69, 9.17) is 16.5 Å². The number of aromatic amines is 1. The first-order valence-corrected chi connectivity index (χ1v) is 11.9. The normalized spacial score (nSPS) is 18.9. The third-order valence-corrected chi connectivity index (χ3v) is 6.86. The van der Waals surface area contributed by atoms with Gasteiger partial charge in [0.15, 0.2) is 0 Å². The molecule has 7 nitrogen and oxygen atoms in total. The summed E-state index contributed by atoms with van der Waals surface area (Å²) in [7, 11) is 0. The van der Waals surface area contributed by atoms with Crippen LogP contribution in [0.5, 0.6) is 0 Å². The molecule has 0 aliphatic heterocycles. The number of H-pyrrole nitrogens is 1. The van der Waals surface area contributed by atoms with E-state index in [0.29, 0.717) is 30.3 Å². The van der Waals surface area contributed by atoms with Crippen LogP contribution in [-0.2, 0) is 11.2 Å². The lowest BCUT2D eigenvalue weighted by Gasteiger charge is -2.28. The number of benzene rings is 2. The quantitative estimate of drug-likeness (QED) is 0.410. The summed E-state index contributed by atoms with van der Waals surface area (Å²) in [5, 5.41) is 3.26. The van der Waals surface area contributed by atoms with Crippen molar-refractivity contribution in [2.45, 2.75) is 45.1 Å². The van der Waals surface area contributed by atoms with Gasteiger partial charge in [-0.25, -0.2) is 4.98 Å². The van der Waals surface area contributed by atoms with E-state index < -0.39 is 5.91 Å². The molecule has 6 N–H and O–H groups in total. The van der Waals surface area contributed by atoms with Gasteiger partial charge in [-0.05, 0) is 74.8 Å². The van der Waals surface area contributed by atoms with Crippen molar-refractivity contribution >= 4 is 11.8 Å². The number of aromatic nitrogens is 2. The van der Waals surface area contributed by atoms with E-state index >= 15 is 0 Å². The van der Waals surface area contributed by atoms with Crippen LogP contribution >= 0.6 is 0 Å². The predicted molar refractivity (Wildman–Crippen MR) is 133 cm³/mol. The number of amides is 2. The number of imidazole rings is 1. The number of carbonyl (C=O) groups excluding carboxylic acids is 2. The van der Waals surface area contributed by atoms with Gasteiger partial charge in [0.05, 0.1) is 11.7 Å². The van der Waals surface area contributed by atoms with Gasteiger partial charge < -0.3 is 21.8 Å². The molecule has 1 fully saturated rings. The minimum absolute atomic E-state index is 0.0131. The Morgan fingerprint density at radius 3 is 2.50 bits per heavy atom. The van der Waals surface area contributed by atoms with E-state index in [-0.39, 0.29) is 17.9 Å². The number of rotatable bonds is 8. The highest BCUT2D eigenvalue weighted by Crippen LogP contribution is 2.30. The molecule has 0 spiro atoms. The van der Waals surface area contributed by atoms with Crippen molar-refractivity contribution in [1.29, 1.82) is 0 Å². The summed E-state index contributed by atoms with van der Waals surface area (Å²) in [6, 6.07) is 15.2. The van der Waals surface area contributed by atoms with Crippen LogP contribution in [0.4, 0.5) is 0 Å². The van der Waals surface area contributed by atoms with Gasteiger partial charge in [-0.15, -0.1) is 0 Å². The van der Waals surface area contributed by atoms with E-state index in [9.17, 15) is 9.59 Å². The van der Waals surface area contributed by atoms with Gasteiger partial charge in [0.1, 0.15) is 5.82 Å². The number of primary amides is 1. The Labute approximate surface area is 200 Å². The van der Waals surface area contributed by atoms with Crippen LogP contribution in [0, 0.1) is 18.8 Å². The predicted octanol–water partition coefficient (Wildman–Crippen LogP) is 3.65. The lowest BCUT2D eigenvalue weighted by Crippen LogP contribution is -2.37. The summed E-state index contributed by atoms with van der Waals surface area (Å²) < 4.78 is 0. The minimum atomic E-state index is -0.455. The highest BCUT2D eigenvalue weighted by atomic mass is 16.2. The average Bonchev–Trinajstić information content (AvgIpc) is 3.34. The fourth-order valence-electron chi connectivity index (χ4n) is 4.77. The molecule has 1 aromatic heterocycles. The Kier molecular flexibility index (Phi) is 7.43. The molecule has 1 saturated carbocycles. The molecule has 0 bridgehead atoms. The Balaban J connectivity index is 1.55. The molecule has 178 valence electrons. The fraction of sp³-hybridized carbons (Fsp3) is 0.370. The number of nitrogens with zero attached hydrogens (tertiary/aromatic N) is 1. The lowest BCUT2D eigenvalue weighted by molar-refractivity contribution is -0.127. The number of nitrogens with one attached hydrogen (secondary N) is 2. The average molecular weight is 460 g/mol. The van der Waals surface area contributed by atoms with Crippen molar-refractivity contribution in [3.05, 3.63) is 77.2 Å². The van der Waals surface area contributed by atoms with E-state index in [1.54, 1.807) is 12.1 Å². The van der Waals surface area contributed by atoms with E-state index in [2.05, 4.69) is 22.4 Å². The van der Waals surface area contributed by atoms with Crippen molar-refractivity contribution in [1.82, 2.24) is 15.3 Å². The number of aryl methyl sites for hydroxylation is 1. The largest absolute Gasteiger partial charge is 0.366 e. The third kappa shape index (κ3) is 5.54. The number of hydrogen-bond acceptors (Lipinski definition) is 4. The second-order valence-corrected chi connectivity index (χ2v) is 9.27. The SMILES string of the molecule is Cc1cc(C(N)=O)ccc1-c1c[nH]c([C@H](Cc2ccccc2)NC(=O)[C@H]2CC[C@H](CN)CC2)n1. The third-order valence-electron chi connectivity index (χ3n) is 6.86. The molecular weight excluding hydrogens is 426 g/mol. The van der Waals surface area contributed by atoms with Gasteiger partial charge in [0.2, 0.25) is 11.8 Å². The highest BCUT2D eigenvalue weighted by molar-refractivity contribution is 5.93. The summed E-state index contributed by atoms with van der Waals surface area (Å²) in [5.74, 6) is 0.876. The first-order valence-electron chi connectivity index (χ1n) is 11.9. The number of hydrogen-bond donors (Lipinski definition) is 4. The molecule has 4 rings (SSSR count). The van der Waals surface area contributed by atoms with Crippen LogP contribution in [0.3, 0.4) is 0 Å². The van der Waals surface area contributed by atoms with Gasteiger partial charge in [0, 0.05) is 23.2 Å². The second-order valence-electron chi connectivity index (χ2n) is 9.27. The van der Waals surface area contributed by atoms with E-state index in [1.807, 2.05) is 37.4 Å². The molecule has 3 aromatic rings. The molecule has 2 aromatic carbocycles. The van der Waals surface area contributed by atoms with Crippen molar-refractivity contribution in [3.63, 3.8) is 0 Å². The minimum Gasteiger partial charge on any atom is -0.366 e. The first kappa shape index (κ1) is 23.7. The van der Waals surface area contributed by atoms with Gasteiger partial charge >= 0.3 is 0 Å². The molecule has 2 amide bonds. The molecule has 1 heterocycles. The summed E-state index contributed by atoms with van der Waals surface area (Å²) in [5.41, 5.74) is 15.4. The molecule has 0 radical (unpaired) electrons. The Bertz CT molecular complexity index is 1130. The van der Waals surface area contributed by atoms with Crippen molar-refractivity contribution in [3.8, 4) is 11.3 Å². The number of carbonyl (C=O) groups is 2. The maximum Gasteiger partial charge on any atom is 0.248 e. The van der Waals surface area contributed by atoms with Crippen LogP contribution in [0.2, 0.25) is 0 Å². The van der Waals surface area contributed by atoms with Gasteiger partial charge in [-0.1, -0.05) is 36.4 Å². The van der Waals surface area contributed by atoms with Gasteiger partial charge in [0.25, 0.3) is 0 Å². The maximum atomic E-state index is 13.2. The van der Waals surface area contributed by atoms with Crippen LogP contribution in [0.15, 0.2) is 54.7 Å². The zero-order chi connectivity index (χ0) is 24.1. The Hall–Kier alpha value is -3.45. The topological polar surface area (TPSA) is 127 Å². The number of nitrogens with two attached hydrogens (primary N) is 2. The standard InChI is InChI=1S/C27H33N5O2/c1-17-13-21(25(29)33)11-12-22(17)24-16-30-26(31-24)23(14-18-5-3-2-4-6-18)32-27(34)20-9-7-19(15-28)8-10-20/h2-6,11-13,16,19-20,23H,7-10,14-15,28H2,1H3,(H2,29,33)(H,30,31)(H,32,34)/t19-,20-,23-/m0/s1. The molecule has 7 heteroatoms. The van der Waals surface area contributed by atoms with Crippen molar-refractivity contribution in [2.24, 2.45) is 23.3 Å². The molecule has 1 aliphatic rings. The monoisotopic (exact) mass is 459 g/mol. The molecule has 0 saturated heterocycles. The van der Waals surface area contributed by atoms with Crippen LogP contribution in [-0.4, -0.2) is 28.3 Å². The Morgan fingerprint density at radius 1 is 1.12 bits per heavy atom. The van der Waals surface area contributed by atoms with E-state index in [0.717, 1.165) is 48.1 Å². The molecule has 1 aliphatic carbocycles. The van der Waals surface area contributed by atoms with Gasteiger partial charge in [-0.2, -0.15) is 0 Å². The van der Waals surface area contributed by atoms with Crippen molar-refractivity contribution in [2.75, 3.05) is 6.54 Å². The summed E-state index contributed by atoms with van der Waals surface area (Å²) in [6.45, 7) is 2.62. The molecule has 1 atom stereocenters. The molecular formula is C27H33N5O2. The van der Waals surface area contributed by atoms with Crippen LogP contribution < -0.4 is 16.8 Å². The maximum absolute atomic E-state index is 13.2.